The van der Waals surface area contributed by atoms with Crippen LogP contribution in [-0.4, -0.2) is 10.5 Å². The first-order chi connectivity index (χ1) is 7.65. The third kappa shape index (κ3) is 1.83. The monoisotopic (exact) mass is 216 g/mol. The second-order valence-electron chi connectivity index (χ2n) is 4.90. The van der Waals surface area contributed by atoms with Crippen molar-refractivity contribution in [1.82, 2.24) is 4.98 Å². The summed E-state index contributed by atoms with van der Waals surface area (Å²) in [6.45, 7) is 1.87. The molecule has 0 unspecified atom stereocenters. The minimum absolute atomic E-state index is 0.134. The van der Waals surface area contributed by atoms with Crippen LogP contribution in [0.25, 0.3) is 11.1 Å². The van der Waals surface area contributed by atoms with Crippen molar-refractivity contribution < 1.29 is 4.42 Å². The molecule has 3 nitrogen and oxygen atoms in total. The van der Waals surface area contributed by atoms with Gasteiger partial charge < -0.3 is 10.2 Å². The van der Waals surface area contributed by atoms with E-state index in [1.54, 1.807) is 0 Å². The molecule has 1 heterocycles. The van der Waals surface area contributed by atoms with E-state index in [4.69, 9.17) is 10.2 Å². The highest BCUT2D eigenvalue weighted by Crippen LogP contribution is 2.36. The first kappa shape index (κ1) is 9.85. The number of aryl methyl sites for hydroxylation is 2. The number of aromatic nitrogens is 1. The lowest BCUT2D eigenvalue weighted by molar-refractivity contribution is 0.561. The summed E-state index contributed by atoms with van der Waals surface area (Å²) in [4.78, 5) is 4.34. The molecule has 1 aliphatic rings. The molecule has 84 valence electrons. The van der Waals surface area contributed by atoms with Crippen molar-refractivity contribution in [3.05, 3.63) is 29.7 Å². The van der Waals surface area contributed by atoms with Crippen molar-refractivity contribution in [2.45, 2.75) is 38.1 Å². The van der Waals surface area contributed by atoms with Gasteiger partial charge in [0.25, 0.3) is 0 Å². The normalized spacial score (nSPS) is 17.9. The van der Waals surface area contributed by atoms with Crippen molar-refractivity contribution >= 4 is 11.1 Å². The molecule has 16 heavy (non-hydrogen) atoms. The number of rotatable bonds is 3. The smallest absolute Gasteiger partial charge is 0.192 e. The topological polar surface area (TPSA) is 52.0 Å². The lowest BCUT2D eigenvalue weighted by Crippen LogP contribution is -2.22. The van der Waals surface area contributed by atoms with Crippen LogP contribution in [0, 0.1) is 6.92 Å². The minimum Gasteiger partial charge on any atom is -0.441 e. The fourth-order valence-electron chi connectivity index (χ4n) is 2.05. The van der Waals surface area contributed by atoms with E-state index in [1.165, 1.54) is 18.4 Å². The van der Waals surface area contributed by atoms with Crippen molar-refractivity contribution in [2.24, 2.45) is 5.73 Å². The molecule has 0 aliphatic heterocycles. The third-order valence-electron chi connectivity index (χ3n) is 3.36. The fourth-order valence-corrected chi connectivity index (χ4v) is 2.05. The summed E-state index contributed by atoms with van der Waals surface area (Å²) in [5.74, 6) is 0.727. The van der Waals surface area contributed by atoms with Gasteiger partial charge >= 0.3 is 0 Å². The Kier molecular flexibility index (Phi) is 2.04. The van der Waals surface area contributed by atoms with Crippen LogP contribution in [0.3, 0.4) is 0 Å². The zero-order chi connectivity index (χ0) is 11.2. The molecule has 0 bridgehead atoms. The van der Waals surface area contributed by atoms with Crippen LogP contribution in [0.1, 0.15) is 30.7 Å². The van der Waals surface area contributed by atoms with Crippen molar-refractivity contribution in [3.8, 4) is 0 Å². The first-order valence-corrected chi connectivity index (χ1v) is 5.80. The van der Waals surface area contributed by atoms with E-state index in [1.807, 2.05) is 13.0 Å². The van der Waals surface area contributed by atoms with Gasteiger partial charge in [0, 0.05) is 12.5 Å². The van der Waals surface area contributed by atoms with Gasteiger partial charge in [0.1, 0.15) is 5.52 Å². The Hall–Kier alpha value is -1.35. The molecule has 1 aromatic heterocycles. The van der Waals surface area contributed by atoms with Gasteiger partial charge in [-0.2, -0.15) is 0 Å². The van der Waals surface area contributed by atoms with E-state index in [9.17, 15) is 0 Å². The van der Waals surface area contributed by atoms with E-state index >= 15 is 0 Å². The molecule has 0 saturated heterocycles. The molecule has 0 radical (unpaired) electrons. The maximum absolute atomic E-state index is 6.08. The molecular weight excluding hydrogens is 200 g/mol. The van der Waals surface area contributed by atoms with Gasteiger partial charge in [0.15, 0.2) is 11.5 Å². The molecule has 3 heteroatoms. The van der Waals surface area contributed by atoms with Crippen molar-refractivity contribution in [1.29, 1.82) is 0 Å². The van der Waals surface area contributed by atoms with Crippen LogP contribution in [0.5, 0.6) is 0 Å². The Morgan fingerprint density at radius 1 is 1.44 bits per heavy atom. The minimum atomic E-state index is 0.134. The average Bonchev–Trinajstić information content (AvgIpc) is 2.87. The number of nitrogens with zero attached hydrogens (tertiary/aromatic N) is 1. The Labute approximate surface area is 94.7 Å². The molecule has 1 fully saturated rings. The predicted molar refractivity (Wildman–Crippen MR) is 63.2 cm³/mol. The second-order valence-corrected chi connectivity index (χ2v) is 4.90. The van der Waals surface area contributed by atoms with Gasteiger partial charge in [-0.1, -0.05) is 6.07 Å². The van der Waals surface area contributed by atoms with E-state index in [-0.39, 0.29) is 5.54 Å². The van der Waals surface area contributed by atoms with Crippen LogP contribution in [0.2, 0.25) is 0 Å². The van der Waals surface area contributed by atoms with Crippen LogP contribution < -0.4 is 5.73 Å². The van der Waals surface area contributed by atoms with E-state index in [0.29, 0.717) is 0 Å². The van der Waals surface area contributed by atoms with Crippen molar-refractivity contribution in [3.63, 3.8) is 0 Å². The summed E-state index contributed by atoms with van der Waals surface area (Å²) in [6.07, 6.45) is 4.48. The Morgan fingerprint density at radius 2 is 2.25 bits per heavy atom. The highest BCUT2D eigenvalue weighted by Gasteiger charge is 2.37. The third-order valence-corrected chi connectivity index (χ3v) is 3.36. The van der Waals surface area contributed by atoms with Crippen molar-refractivity contribution in [2.75, 3.05) is 0 Å². The molecule has 3 rings (SSSR count). The predicted octanol–water partition coefficient (Wildman–Crippen LogP) is 2.56. The van der Waals surface area contributed by atoms with Crippen LogP contribution in [0.15, 0.2) is 22.6 Å². The number of nitrogens with two attached hydrogens (primary N) is 1. The summed E-state index contributed by atoms with van der Waals surface area (Å²) in [5, 5.41) is 0. The number of oxazole rings is 1. The molecule has 0 atom stereocenters. The van der Waals surface area contributed by atoms with Crippen LogP contribution >= 0.6 is 0 Å². The maximum Gasteiger partial charge on any atom is 0.192 e. The molecule has 1 saturated carbocycles. The number of hydrogen-bond acceptors (Lipinski definition) is 3. The Balaban J connectivity index is 1.81. The van der Waals surface area contributed by atoms with Gasteiger partial charge in [-0.15, -0.1) is 0 Å². The summed E-state index contributed by atoms with van der Waals surface area (Å²) < 4.78 is 5.44. The molecule has 0 spiro atoms. The standard InChI is InChI=1S/C13H16N2O/c1-9-15-11-8-10(2-3-12(11)16-9)4-5-13(14)6-7-13/h2-3,8H,4-7,14H2,1H3. The molecule has 1 aliphatic carbocycles. The fraction of sp³-hybridized carbons (Fsp3) is 0.462. The van der Waals surface area contributed by atoms with Crippen LogP contribution in [0.4, 0.5) is 0 Å². The Morgan fingerprint density at radius 3 is 3.00 bits per heavy atom. The number of fused-ring (bicyclic) bond motifs is 1. The molecule has 2 N–H and O–H groups in total. The highest BCUT2D eigenvalue weighted by atomic mass is 16.3. The van der Waals surface area contributed by atoms with E-state index < -0.39 is 0 Å². The highest BCUT2D eigenvalue weighted by molar-refractivity contribution is 5.73. The first-order valence-electron chi connectivity index (χ1n) is 5.80. The summed E-state index contributed by atoms with van der Waals surface area (Å²) in [6, 6.07) is 6.22. The molecular formula is C13H16N2O. The zero-order valence-electron chi connectivity index (χ0n) is 9.49. The van der Waals surface area contributed by atoms with Gasteiger partial charge in [-0.25, -0.2) is 4.98 Å². The quantitative estimate of drug-likeness (QED) is 0.857. The molecule has 1 aromatic carbocycles. The lowest BCUT2D eigenvalue weighted by atomic mass is 10.0. The van der Waals surface area contributed by atoms with Gasteiger partial charge in [-0.3, -0.25) is 0 Å². The summed E-state index contributed by atoms with van der Waals surface area (Å²) in [5.41, 5.74) is 9.34. The zero-order valence-corrected chi connectivity index (χ0v) is 9.49. The molecule has 0 amide bonds. The number of hydrogen-bond donors (Lipinski definition) is 1. The Bertz CT molecular complexity index is 526. The SMILES string of the molecule is Cc1nc2cc(CCC3(N)CC3)ccc2o1. The van der Waals surface area contributed by atoms with Gasteiger partial charge in [0.05, 0.1) is 0 Å². The largest absolute Gasteiger partial charge is 0.441 e. The summed E-state index contributed by atoms with van der Waals surface area (Å²) in [7, 11) is 0. The lowest BCUT2D eigenvalue weighted by Gasteiger charge is -2.07. The van der Waals surface area contributed by atoms with Gasteiger partial charge in [0.2, 0.25) is 0 Å². The van der Waals surface area contributed by atoms with Crippen LogP contribution in [-0.2, 0) is 6.42 Å². The summed E-state index contributed by atoms with van der Waals surface area (Å²) >= 11 is 0. The second kappa shape index (κ2) is 3.32. The molecule has 2 aromatic rings. The van der Waals surface area contributed by atoms with E-state index in [0.717, 1.165) is 29.8 Å². The van der Waals surface area contributed by atoms with E-state index in [2.05, 4.69) is 17.1 Å². The van der Waals surface area contributed by atoms with Gasteiger partial charge in [-0.05, 0) is 43.4 Å². The average molecular weight is 216 g/mol. The maximum atomic E-state index is 6.08. The number of benzene rings is 1.